The van der Waals surface area contributed by atoms with Crippen molar-refractivity contribution in [3.63, 3.8) is 0 Å². The standard InChI is InChI=1S/C17H24N4O2S/c22-15(18-12-3-1-2-4-12)10-21-8-7-13-14(9-21)24-17(19-13)20-16(23)11-5-6-11/h11-12H,1-10H2,(H,18,22)(H,19,20,23). The van der Waals surface area contributed by atoms with E-state index in [9.17, 15) is 9.59 Å². The van der Waals surface area contributed by atoms with Gasteiger partial charge in [0, 0.05) is 36.3 Å². The lowest BCUT2D eigenvalue weighted by Crippen LogP contribution is -2.42. The number of carbonyl (C=O) groups excluding carboxylic acids is 2. The van der Waals surface area contributed by atoms with Gasteiger partial charge in [0.25, 0.3) is 0 Å². The molecule has 0 bridgehead atoms. The molecule has 7 heteroatoms. The fourth-order valence-electron chi connectivity index (χ4n) is 3.54. The van der Waals surface area contributed by atoms with Crippen LogP contribution in [0.25, 0.3) is 0 Å². The summed E-state index contributed by atoms with van der Waals surface area (Å²) in [5, 5.41) is 6.80. The molecule has 1 aliphatic heterocycles. The molecule has 0 atom stereocenters. The number of thiazole rings is 1. The van der Waals surface area contributed by atoms with Gasteiger partial charge in [-0.2, -0.15) is 0 Å². The van der Waals surface area contributed by atoms with Gasteiger partial charge in [-0.15, -0.1) is 11.3 Å². The van der Waals surface area contributed by atoms with E-state index in [1.807, 2.05) is 0 Å². The Hall–Kier alpha value is -1.47. The Morgan fingerprint density at radius 3 is 2.75 bits per heavy atom. The summed E-state index contributed by atoms with van der Waals surface area (Å²) in [6.07, 6.45) is 7.55. The Morgan fingerprint density at radius 1 is 1.21 bits per heavy atom. The van der Waals surface area contributed by atoms with Crippen molar-refractivity contribution in [1.29, 1.82) is 0 Å². The minimum absolute atomic E-state index is 0.105. The lowest BCUT2D eigenvalue weighted by molar-refractivity contribution is -0.123. The minimum Gasteiger partial charge on any atom is -0.352 e. The van der Waals surface area contributed by atoms with Crippen LogP contribution in [-0.4, -0.2) is 40.8 Å². The van der Waals surface area contributed by atoms with Crippen LogP contribution in [0.15, 0.2) is 0 Å². The first-order chi connectivity index (χ1) is 11.7. The molecule has 1 aromatic heterocycles. The van der Waals surface area contributed by atoms with E-state index in [-0.39, 0.29) is 17.7 Å². The van der Waals surface area contributed by atoms with Crippen molar-refractivity contribution in [2.75, 3.05) is 18.4 Å². The largest absolute Gasteiger partial charge is 0.352 e. The number of nitrogens with zero attached hydrogens (tertiary/aromatic N) is 2. The van der Waals surface area contributed by atoms with Gasteiger partial charge in [0.15, 0.2) is 5.13 Å². The molecule has 0 radical (unpaired) electrons. The number of nitrogens with one attached hydrogen (secondary N) is 2. The van der Waals surface area contributed by atoms with Gasteiger partial charge in [-0.05, 0) is 25.7 Å². The molecule has 2 saturated carbocycles. The van der Waals surface area contributed by atoms with E-state index in [1.165, 1.54) is 17.7 Å². The van der Waals surface area contributed by atoms with Crippen LogP contribution in [-0.2, 0) is 22.6 Å². The molecule has 2 aliphatic carbocycles. The van der Waals surface area contributed by atoms with Crippen LogP contribution in [0, 0.1) is 5.92 Å². The molecule has 0 saturated heterocycles. The van der Waals surface area contributed by atoms with Crippen LogP contribution < -0.4 is 10.6 Å². The SMILES string of the molecule is O=C(CN1CCc2nc(NC(=O)C3CC3)sc2C1)NC1CCCC1. The number of rotatable bonds is 5. The molecule has 2 heterocycles. The zero-order valence-electron chi connectivity index (χ0n) is 13.8. The molecule has 0 aromatic carbocycles. The fourth-order valence-corrected chi connectivity index (χ4v) is 4.59. The van der Waals surface area contributed by atoms with E-state index in [0.717, 1.165) is 50.9 Å². The molecule has 2 N–H and O–H groups in total. The number of anilines is 1. The van der Waals surface area contributed by atoms with Crippen LogP contribution in [0.1, 0.15) is 49.1 Å². The number of hydrogen-bond donors (Lipinski definition) is 2. The van der Waals surface area contributed by atoms with E-state index in [2.05, 4.69) is 20.5 Å². The molecule has 24 heavy (non-hydrogen) atoms. The molecule has 1 aromatic rings. The van der Waals surface area contributed by atoms with Crippen molar-refractivity contribution in [3.8, 4) is 0 Å². The Morgan fingerprint density at radius 2 is 2.00 bits per heavy atom. The van der Waals surface area contributed by atoms with Gasteiger partial charge in [0.1, 0.15) is 0 Å². The summed E-state index contributed by atoms with van der Waals surface area (Å²) < 4.78 is 0. The monoisotopic (exact) mass is 348 g/mol. The van der Waals surface area contributed by atoms with E-state index in [4.69, 9.17) is 0 Å². The first kappa shape index (κ1) is 16.0. The van der Waals surface area contributed by atoms with Crippen molar-refractivity contribution >= 4 is 28.3 Å². The van der Waals surface area contributed by atoms with Gasteiger partial charge in [-0.1, -0.05) is 12.8 Å². The maximum Gasteiger partial charge on any atom is 0.234 e. The highest BCUT2D eigenvalue weighted by Gasteiger charge is 2.31. The van der Waals surface area contributed by atoms with Crippen molar-refractivity contribution in [2.45, 2.75) is 57.5 Å². The minimum atomic E-state index is 0.105. The second-order valence-corrected chi connectivity index (χ2v) is 8.25. The van der Waals surface area contributed by atoms with Gasteiger partial charge < -0.3 is 10.6 Å². The molecule has 2 fully saturated rings. The molecule has 130 valence electrons. The maximum absolute atomic E-state index is 12.2. The average molecular weight is 348 g/mol. The van der Waals surface area contributed by atoms with E-state index in [0.29, 0.717) is 17.7 Å². The number of fused-ring (bicyclic) bond motifs is 1. The molecular weight excluding hydrogens is 324 g/mol. The van der Waals surface area contributed by atoms with Crippen molar-refractivity contribution in [2.24, 2.45) is 5.92 Å². The highest BCUT2D eigenvalue weighted by Crippen LogP contribution is 2.32. The predicted molar refractivity (Wildman–Crippen MR) is 92.8 cm³/mol. The van der Waals surface area contributed by atoms with Gasteiger partial charge in [-0.3, -0.25) is 14.5 Å². The first-order valence-corrected chi connectivity index (χ1v) is 9.80. The highest BCUT2D eigenvalue weighted by atomic mass is 32.1. The van der Waals surface area contributed by atoms with Crippen LogP contribution in [0.4, 0.5) is 5.13 Å². The third-order valence-electron chi connectivity index (χ3n) is 5.08. The summed E-state index contributed by atoms with van der Waals surface area (Å²) in [7, 11) is 0. The quantitative estimate of drug-likeness (QED) is 0.852. The Labute approximate surface area is 146 Å². The second kappa shape index (κ2) is 6.80. The Bertz CT molecular complexity index is 635. The van der Waals surface area contributed by atoms with Gasteiger partial charge >= 0.3 is 0 Å². The predicted octanol–water partition coefficient (Wildman–Crippen LogP) is 1.91. The van der Waals surface area contributed by atoms with Gasteiger partial charge in [0.05, 0.1) is 12.2 Å². The number of aromatic nitrogens is 1. The molecule has 6 nitrogen and oxygen atoms in total. The molecular formula is C17H24N4O2S. The van der Waals surface area contributed by atoms with E-state index in [1.54, 1.807) is 11.3 Å². The zero-order chi connectivity index (χ0) is 16.5. The van der Waals surface area contributed by atoms with Crippen molar-refractivity contribution in [3.05, 3.63) is 10.6 Å². The van der Waals surface area contributed by atoms with Crippen molar-refractivity contribution < 1.29 is 9.59 Å². The highest BCUT2D eigenvalue weighted by molar-refractivity contribution is 7.15. The summed E-state index contributed by atoms with van der Waals surface area (Å²) in [5.74, 6) is 0.438. The average Bonchev–Trinajstić information content (AvgIpc) is 3.15. The summed E-state index contributed by atoms with van der Waals surface area (Å²) in [6, 6.07) is 0.380. The third kappa shape index (κ3) is 3.78. The second-order valence-electron chi connectivity index (χ2n) is 7.16. The summed E-state index contributed by atoms with van der Waals surface area (Å²) in [5.41, 5.74) is 1.08. The van der Waals surface area contributed by atoms with Crippen molar-refractivity contribution in [1.82, 2.24) is 15.2 Å². The van der Waals surface area contributed by atoms with Crippen LogP contribution in [0.5, 0.6) is 0 Å². The first-order valence-electron chi connectivity index (χ1n) is 8.98. The Kier molecular flexibility index (Phi) is 4.54. The summed E-state index contributed by atoms with van der Waals surface area (Å²) >= 11 is 1.56. The smallest absolute Gasteiger partial charge is 0.234 e. The molecule has 2 amide bonds. The van der Waals surface area contributed by atoms with Crippen LogP contribution in [0.3, 0.4) is 0 Å². The van der Waals surface area contributed by atoms with Crippen LogP contribution >= 0.6 is 11.3 Å². The number of amides is 2. The van der Waals surface area contributed by atoms with Crippen LogP contribution in [0.2, 0.25) is 0 Å². The zero-order valence-corrected chi connectivity index (χ0v) is 14.7. The van der Waals surface area contributed by atoms with Gasteiger partial charge in [0.2, 0.25) is 11.8 Å². The van der Waals surface area contributed by atoms with E-state index >= 15 is 0 Å². The molecule has 3 aliphatic rings. The molecule has 0 unspecified atom stereocenters. The maximum atomic E-state index is 12.2. The third-order valence-corrected chi connectivity index (χ3v) is 6.07. The normalized spacial score (nSPS) is 21.5. The number of hydrogen-bond acceptors (Lipinski definition) is 5. The lowest BCUT2D eigenvalue weighted by atomic mass is 10.2. The molecule has 0 spiro atoms. The fraction of sp³-hybridized carbons (Fsp3) is 0.706. The summed E-state index contributed by atoms with van der Waals surface area (Å²) in [6.45, 7) is 2.06. The summed E-state index contributed by atoms with van der Waals surface area (Å²) in [4.78, 5) is 32.0. The van der Waals surface area contributed by atoms with Gasteiger partial charge in [-0.25, -0.2) is 4.98 Å². The topological polar surface area (TPSA) is 74.3 Å². The lowest BCUT2D eigenvalue weighted by Gasteiger charge is -2.25. The molecule has 4 rings (SSSR count). The number of carbonyl (C=O) groups is 2. The van der Waals surface area contributed by atoms with E-state index < -0.39 is 0 Å². The Balaban J connectivity index is 1.30.